The molecule has 1 aliphatic carbocycles. The molecule has 3 nitrogen and oxygen atoms in total. The summed E-state index contributed by atoms with van der Waals surface area (Å²) in [6, 6.07) is 1.77. The van der Waals surface area contributed by atoms with Gasteiger partial charge in [-0.1, -0.05) is 19.8 Å². The SMILES string of the molecule is CC1CCC(CNCc2cc(C(=O)O)cs2)CC1. The van der Waals surface area contributed by atoms with Crippen LogP contribution >= 0.6 is 11.3 Å². The molecular weight excluding hydrogens is 246 g/mol. The summed E-state index contributed by atoms with van der Waals surface area (Å²) in [6.07, 6.45) is 5.38. The van der Waals surface area contributed by atoms with Crippen LogP contribution in [0.25, 0.3) is 0 Å². The van der Waals surface area contributed by atoms with Gasteiger partial charge in [0, 0.05) is 16.8 Å². The Morgan fingerprint density at radius 1 is 1.44 bits per heavy atom. The topological polar surface area (TPSA) is 49.3 Å². The lowest BCUT2D eigenvalue weighted by atomic mass is 9.83. The minimum atomic E-state index is -0.834. The monoisotopic (exact) mass is 267 g/mol. The third-order valence-electron chi connectivity index (χ3n) is 3.77. The van der Waals surface area contributed by atoms with Crippen molar-refractivity contribution < 1.29 is 9.90 Å². The third kappa shape index (κ3) is 3.82. The van der Waals surface area contributed by atoms with Crippen molar-refractivity contribution in [2.75, 3.05) is 6.54 Å². The molecule has 0 bridgehead atoms. The number of carboxylic acid groups (broad SMARTS) is 1. The summed E-state index contributed by atoms with van der Waals surface area (Å²) in [4.78, 5) is 11.9. The summed E-state index contributed by atoms with van der Waals surface area (Å²) in [7, 11) is 0. The van der Waals surface area contributed by atoms with Crippen LogP contribution in [-0.4, -0.2) is 17.6 Å². The van der Waals surface area contributed by atoms with Crippen LogP contribution in [0.4, 0.5) is 0 Å². The van der Waals surface area contributed by atoms with Crippen molar-refractivity contribution in [3.05, 3.63) is 21.9 Å². The lowest BCUT2D eigenvalue weighted by molar-refractivity contribution is 0.0697. The van der Waals surface area contributed by atoms with E-state index >= 15 is 0 Å². The first-order valence-electron chi connectivity index (χ1n) is 6.66. The van der Waals surface area contributed by atoms with Gasteiger partial charge in [-0.25, -0.2) is 4.79 Å². The molecule has 1 saturated carbocycles. The standard InChI is InChI=1S/C14H21NO2S/c1-10-2-4-11(5-3-10)7-15-8-13-6-12(9-18-13)14(16)17/h6,9-11,15H,2-5,7-8H2,1H3,(H,16,17). The van der Waals surface area contributed by atoms with E-state index in [1.54, 1.807) is 11.4 Å². The molecule has 1 fully saturated rings. The summed E-state index contributed by atoms with van der Waals surface area (Å²) < 4.78 is 0. The number of hydrogen-bond acceptors (Lipinski definition) is 3. The van der Waals surface area contributed by atoms with Gasteiger partial charge in [-0.05, 0) is 37.3 Å². The Bertz CT molecular complexity index is 394. The minimum absolute atomic E-state index is 0.406. The van der Waals surface area contributed by atoms with Gasteiger partial charge in [0.25, 0.3) is 0 Å². The highest BCUT2D eigenvalue weighted by Gasteiger charge is 2.17. The fraction of sp³-hybridized carbons (Fsp3) is 0.643. The third-order valence-corrected chi connectivity index (χ3v) is 4.71. The highest BCUT2D eigenvalue weighted by atomic mass is 32.1. The van der Waals surface area contributed by atoms with Crippen molar-refractivity contribution in [1.29, 1.82) is 0 Å². The highest BCUT2D eigenvalue weighted by molar-refractivity contribution is 7.10. The number of aromatic carboxylic acids is 1. The molecule has 0 aliphatic heterocycles. The van der Waals surface area contributed by atoms with E-state index in [-0.39, 0.29) is 0 Å². The Morgan fingerprint density at radius 3 is 2.78 bits per heavy atom. The van der Waals surface area contributed by atoms with Crippen LogP contribution in [0.3, 0.4) is 0 Å². The molecule has 2 rings (SSSR count). The summed E-state index contributed by atoms with van der Waals surface area (Å²) in [5.74, 6) is 0.871. The largest absolute Gasteiger partial charge is 0.478 e. The first-order valence-corrected chi connectivity index (χ1v) is 7.54. The van der Waals surface area contributed by atoms with Crippen LogP contribution < -0.4 is 5.32 Å². The fourth-order valence-corrected chi connectivity index (χ4v) is 3.35. The Balaban J connectivity index is 1.70. The second-order valence-electron chi connectivity index (χ2n) is 5.36. The summed E-state index contributed by atoms with van der Waals surface area (Å²) in [5, 5.41) is 14.0. The predicted octanol–water partition coefficient (Wildman–Crippen LogP) is 3.36. The molecule has 0 radical (unpaired) electrons. The lowest BCUT2D eigenvalue weighted by Gasteiger charge is -2.26. The molecule has 0 aromatic carbocycles. The molecule has 0 amide bonds. The molecular formula is C14H21NO2S. The van der Waals surface area contributed by atoms with Gasteiger partial charge in [0.15, 0.2) is 0 Å². The predicted molar refractivity (Wildman–Crippen MR) is 74.1 cm³/mol. The average Bonchev–Trinajstić information content (AvgIpc) is 2.81. The van der Waals surface area contributed by atoms with Gasteiger partial charge in [0.05, 0.1) is 5.56 Å². The van der Waals surface area contributed by atoms with Gasteiger partial charge in [0.2, 0.25) is 0 Å². The average molecular weight is 267 g/mol. The van der Waals surface area contributed by atoms with Crippen LogP contribution in [0.1, 0.15) is 47.8 Å². The number of rotatable bonds is 5. The molecule has 1 aliphatic rings. The van der Waals surface area contributed by atoms with E-state index in [4.69, 9.17) is 5.11 Å². The zero-order valence-corrected chi connectivity index (χ0v) is 11.6. The zero-order valence-electron chi connectivity index (χ0n) is 10.8. The highest BCUT2D eigenvalue weighted by Crippen LogP contribution is 2.27. The van der Waals surface area contributed by atoms with Crippen LogP contribution in [-0.2, 0) is 6.54 Å². The second-order valence-corrected chi connectivity index (χ2v) is 6.36. The quantitative estimate of drug-likeness (QED) is 0.860. The van der Waals surface area contributed by atoms with E-state index in [9.17, 15) is 4.79 Å². The first-order chi connectivity index (χ1) is 8.65. The van der Waals surface area contributed by atoms with E-state index in [2.05, 4.69) is 12.2 Å². The number of carboxylic acids is 1. The first kappa shape index (κ1) is 13.6. The van der Waals surface area contributed by atoms with Crippen molar-refractivity contribution in [2.45, 2.75) is 39.2 Å². The Morgan fingerprint density at radius 2 is 2.17 bits per heavy atom. The minimum Gasteiger partial charge on any atom is -0.478 e. The smallest absolute Gasteiger partial charge is 0.336 e. The maximum absolute atomic E-state index is 10.8. The number of thiophene rings is 1. The van der Waals surface area contributed by atoms with Crippen molar-refractivity contribution in [2.24, 2.45) is 11.8 Å². The molecule has 0 spiro atoms. The maximum atomic E-state index is 10.8. The molecule has 100 valence electrons. The van der Waals surface area contributed by atoms with E-state index in [0.29, 0.717) is 5.56 Å². The van der Waals surface area contributed by atoms with Crippen LogP contribution in [0, 0.1) is 11.8 Å². The normalized spacial score (nSPS) is 24.1. The van der Waals surface area contributed by atoms with Gasteiger partial charge in [-0.2, -0.15) is 0 Å². The second kappa shape index (κ2) is 6.34. The van der Waals surface area contributed by atoms with Crippen LogP contribution in [0.5, 0.6) is 0 Å². The Labute approximate surface area is 112 Å². The molecule has 4 heteroatoms. The Hall–Kier alpha value is -0.870. The summed E-state index contributed by atoms with van der Waals surface area (Å²) in [5.41, 5.74) is 0.406. The molecule has 1 heterocycles. The molecule has 0 unspecified atom stereocenters. The summed E-state index contributed by atoms with van der Waals surface area (Å²) >= 11 is 1.52. The molecule has 2 N–H and O–H groups in total. The lowest BCUT2D eigenvalue weighted by Crippen LogP contribution is -2.25. The van der Waals surface area contributed by atoms with Crippen molar-refractivity contribution in [3.63, 3.8) is 0 Å². The molecule has 1 aromatic rings. The van der Waals surface area contributed by atoms with Gasteiger partial charge in [0.1, 0.15) is 0 Å². The fourth-order valence-electron chi connectivity index (χ4n) is 2.52. The van der Waals surface area contributed by atoms with Gasteiger partial charge in [-0.3, -0.25) is 0 Å². The summed E-state index contributed by atoms with van der Waals surface area (Å²) in [6.45, 7) is 4.19. The number of carbonyl (C=O) groups is 1. The van der Waals surface area contributed by atoms with E-state index in [0.717, 1.165) is 29.8 Å². The van der Waals surface area contributed by atoms with E-state index < -0.39 is 5.97 Å². The zero-order chi connectivity index (χ0) is 13.0. The number of nitrogens with one attached hydrogen (secondary N) is 1. The molecule has 0 saturated heterocycles. The molecule has 18 heavy (non-hydrogen) atoms. The van der Waals surface area contributed by atoms with Gasteiger partial charge < -0.3 is 10.4 Å². The molecule has 0 atom stereocenters. The molecule has 1 aromatic heterocycles. The van der Waals surface area contributed by atoms with Crippen molar-refractivity contribution >= 4 is 17.3 Å². The Kier molecular flexibility index (Phi) is 4.78. The van der Waals surface area contributed by atoms with Crippen molar-refractivity contribution in [1.82, 2.24) is 5.32 Å². The van der Waals surface area contributed by atoms with Crippen LogP contribution in [0.15, 0.2) is 11.4 Å². The van der Waals surface area contributed by atoms with E-state index in [1.807, 2.05) is 0 Å². The van der Waals surface area contributed by atoms with Crippen LogP contribution in [0.2, 0.25) is 0 Å². The van der Waals surface area contributed by atoms with Crippen molar-refractivity contribution in [3.8, 4) is 0 Å². The van der Waals surface area contributed by atoms with Gasteiger partial charge in [-0.15, -0.1) is 11.3 Å². The van der Waals surface area contributed by atoms with Gasteiger partial charge >= 0.3 is 5.97 Å². The number of hydrogen-bond donors (Lipinski definition) is 2. The van der Waals surface area contributed by atoms with E-state index in [1.165, 1.54) is 37.0 Å². The maximum Gasteiger partial charge on any atom is 0.336 e.